The molecule has 0 saturated carbocycles. The van der Waals surface area contributed by atoms with Crippen molar-refractivity contribution in [2.75, 3.05) is 19.0 Å². The molecule has 0 fully saturated rings. The molecule has 0 spiro atoms. The molecule has 0 radical (unpaired) electrons. The van der Waals surface area contributed by atoms with Crippen molar-refractivity contribution in [2.45, 2.75) is 6.92 Å². The zero-order valence-corrected chi connectivity index (χ0v) is 15.6. The number of anilines is 1. The summed E-state index contributed by atoms with van der Waals surface area (Å²) < 4.78 is 11.7. The van der Waals surface area contributed by atoms with Crippen LogP contribution in [-0.4, -0.2) is 19.6 Å². The Morgan fingerprint density at radius 3 is 2.71 bits per heavy atom. The quantitative estimate of drug-likeness (QED) is 0.715. The number of rotatable bonds is 6. The number of hydrogen-bond donors (Lipinski definition) is 1. The van der Waals surface area contributed by atoms with Crippen molar-refractivity contribution in [3.63, 3.8) is 0 Å². The van der Waals surface area contributed by atoms with Gasteiger partial charge in [0.1, 0.15) is 0 Å². The van der Waals surface area contributed by atoms with E-state index in [2.05, 4.69) is 21.2 Å². The summed E-state index contributed by atoms with van der Waals surface area (Å²) in [5, 5.41) is 3.16. The molecule has 0 aromatic heterocycles. The predicted molar refractivity (Wildman–Crippen MR) is 101 cm³/mol. The molecule has 2 rings (SSSR count). The normalized spacial score (nSPS) is 10.7. The topological polar surface area (TPSA) is 47.6 Å². The number of hydrogen-bond acceptors (Lipinski definition) is 3. The van der Waals surface area contributed by atoms with E-state index in [0.29, 0.717) is 22.2 Å². The fourth-order valence-corrected chi connectivity index (χ4v) is 2.74. The fourth-order valence-electron chi connectivity index (χ4n) is 2.02. The Morgan fingerprint density at radius 2 is 2.04 bits per heavy atom. The summed E-state index contributed by atoms with van der Waals surface area (Å²) in [4.78, 5) is 12.0. The number of ether oxygens (including phenoxy) is 2. The van der Waals surface area contributed by atoms with Gasteiger partial charge in [0.2, 0.25) is 0 Å². The summed E-state index contributed by atoms with van der Waals surface area (Å²) in [5.74, 6) is 0.765. The Hall–Kier alpha value is -1.98. The smallest absolute Gasteiger partial charge is 0.262 e. The molecule has 4 nitrogen and oxygen atoms in total. The van der Waals surface area contributed by atoms with Crippen molar-refractivity contribution in [3.05, 3.63) is 57.5 Å². The molecule has 2 aromatic rings. The van der Waals surface area contributed by atoms with Crippen LogP contribution in [0.1, 0.15) is 12.5 Å². The van der Waals surface area contributed by atoms with Crippen LogP contribution < -0.4 is 14.8 Å². The molecular formula is C18H17BrClNO3. The first-order chi connectivity index (χ1) is 11.5. The van der Waals surface area contributed by atoms with E-state index >= 15 is 0 Å². The third kappa shape index (κ3) is 5.01. The molecule has 0 saturated heterocycles. The van der Waals surface area contributed by atoms with E-state index in [0.717, 1.165) is 10.0 Å². The highest BCUT2D eigenvalue weighted by atomic mass is 79.9. The number of amides is 1. The maximum Gasteiger partial charge on any atom is 0.262 e. The van der Waals surface area contributed by atoms with Gasteiger partial charge < -0.3 is 14.8 Å². The average Bonchev–Trinajstić information content (AvgIpc) is 2.56. The monoisotopic (exact) mass is 409 g/mol. The van der Waals surface area contributed by atoms with Gasteiger partial charge in [-0.25, -0.2) is 0 Å². The average molecular weight is 411 g/mol. The lowest BCUT2D eigenvalue weighted by atomic mass is 10.2. The third-order valence-corrected chi connectivity index (χ3v) is 3.92. The van der Waals surface area contributed by atoms with Crippen molar-refractivity contribution in [1.82, 2.24) is 0 Å². The highest BCUT2D eigenvalue weighted by Crippen LogP contribution is 2.29. The summed E-state index contributed by atoms with van der Waals surface area (Å²) in [6.07, 6.45) is 3.89. The molecule has 0 aliphatic heterocycles. The van der Waals surface area contributed by atoms with Gasteiger partial charge >= 0.3 is 0 Å². The van der Waals surface area contributed by atoms with Gasteiger partial charge in [0, 0.05) is 4.47 Å². The van der Waals surface area contributed by atoms with Crippen LogP contribution in [-0.2, 0) is 4.79 Å². The zero-order valence-electron chi connectivity index (χ0n) is 13.3. The molecule has 24 heavy (non-hydrogen) atoms. The van der Waals surface area contributed by atoms with Crippen LogP contribution in [0, 0.1) is 0 Å². The van der Waals surface area contributed by atoms with Crippen LogP contribution >= 0.6 is 27.5 Å². The summed E-state index contributed by atoms with van der Waals surface area (Å²) in [6.45, 7) is 1.79. The lowest BCUT2D eigenvalue weighted by Gasteiger charge is -2.12. The second kappa shape index (κ2) is 8.76. The van der Waals surface area contributed by atoms with E-state index in [1.54, 1.807) is 31.4 Å². The minimum atomic E-state index is -0.307. The first-order valence-corrected chi connectivity index (χ1v) is 8.39. The summed E-state index contributed by atoms with van der Waals surface area (Å²) >= 11 is 9.39. The minimum Gasteiger partial charge on any atom is -0.493 e. The van der Waals surface area contributed by atoms with E-state index in [1.807, 2.05) is 31.2 Å². The predicted octanol–water partition coefficient (Wildman–Crippen LogP) is 5.16. The van der Waals surface area contributed by atoms with Gasteiger partial charge in [-0.2, -0.15) is 0 Å². The van der Waals surface area contributed by atoms with Gasteiger partial charge in [0.05, 0.1) is 17.8 Å². The Kier molecular flexibility index (Phi) is 6.70. The molecule has 0 aliphatic carbocycles. The Balaban J connectivity index is 2.01. The van der Waals surface area contributed by atoms with Crippen LogP contribution in [0.25, 0.3) is 6.08 Å². The number of carbonyl (C=O) groups is 1. The Bertz CT molecular complexity index is 762. The van der Waals surface area contributed by atoms with Gasteiger partial charge in [-0.15, -0.1) is 0 Å². The lowest BCUT2D eigenvalue weighted by Crippen LogP contribution is -2.20. The van der Waals surface area contributed by atoms with Crippen LogP contribution in [0.15, 0.2) is 46.9 Å². The number of methoxy groups -OCH3 is 1. The largest absolute Gasteiger partial charge is 0.493 e. The number of halogens is 2. The number of allylic oxidation sites excluding steroid dienone is 1. The van der Waals surface area contributed by atoms with E-state index in [9.17, 15) is 4.79 Å². The van der Waals surface area contributed by atoms with Gasteiger partial charge in [-0.05, 0) is 42.8 Å². The molecule has 1 N–H and O–H groups in total. The molecule has 2 aromatic carbocycles. The molecule has 0 heterocycles. The summed E-state index contributed by atoms with van der Waals surface area (Å²) in [7, 11) is 1.56. The standard InChI is InChI=1S/C18H17BrClNO3/c1-3-4-12-5-8-16(17(9-12)23-2)24-11-18(22)21-15-7-6-13(19)10-14(15)20/h3-10H,11H2,1-2H3,(H,21,22)/b4-3+. The van der Waals surface area contributed by atoms with Gasteiger partial charge in [0.15, 0.2) is 18.1 Å². The molecule has 0 bridgehead atoms. The van der Waals surface area contributed by atoms with E-state index < -0.39 is 0 Å². The van der Waals surface area contributed by atoms with Gasteiger partial charge in [-0.1, -0.05) is 45.7 Å². The Morgan fingerprint density at radius 1 is 1.25 bits per heavy atom. The second-order valence-corrected chi connectivity index (χ2v) is 6.19. The third-order valence-electron chi connectivity index (χ3n) is 3.11. The van der Waals surface area contributed by atoms with Crippen molar-refractivity contribution >= 4 is 45.2 Å². The van der Waals surface area contributed by atoms with Crippen LogP contribution in [0.2, 0.25) is 5.02 Å². The van der Waals surface area contributed by atoms with Crippen molar-refractivity contribution in [3.8, 4) is 11.5 Å². The maximum atomic E-state index is 12.0. The highest BCUT2D eigenvalue weighted by Gasteiger charge is 2.10. The molecule has 6 heteroatoms. The number of nitrogens with one attached hydrogen (secondary N) is 1. The first kappa shape index (κ1) is 18.4. The maximum absolute atomic E-state index is 12.0. The molecule has 0 unspecified atom stereocenters. The molecule has 126 valence electrons. The van der Waals surface area contributed by atoms with E-state index in [1.165, 1.54) is 0 Å². The lowest BCUT2D eigenvalue weighted by molar-refractivity contribution is -0.118. The van der Waals surface area contributed by atoms with Crippen molar-refractivity contribution in [2.24, 2.45) is 0 Å². The van der Waals surface area contributed by atoms with Crippen LogP contribution in [0.4, 0.5) is 5.69 Å². The molecule has 1 amide bonds. The second-order valence-electron chi connectivity index (χ2n) is 4.87. The number of benzene rings is 2. The summed E-state index contributed by atoms with van der Waals surface area (Å²) in [6, 6.07) is 10.7. The zero-order chi connectivity index (χ0) is 17.5. The first-order valence-electron chi connectivity index (χ1n) is 7.22. The van der Waals surface area contributed by atoms with Crippen LogP contribution in [0.3, 0.4) is 0 Å². The molecular weight excluding hydrogens is 394 g/mol. The number of carbonyl (C=O) groups excluding carboxylic acids is 1. The van der Waals surface area contributed by atoms with E-state index in [4.69, 9.17) is 21.1 Å². The van der Waals surface area contributed by atoms with E-state index in [-0.39, 0.29) is 12.5 Å². The molecule has 0 aliphatic rings. The fraction of sp³-hybridized carbons (Fsp3) is 0.167. The van der Waals surface area contributed by atoms with Crippen molar-refractivity contribution < 1.29 is 14.3 Å². The summed E-state index contributed by atoms with van der Waals surface area (Å²) in [5.41, 5.74) is 1.52. The minimum absolute atomic E-state index is 0.147. The Labute approximate surface area is 154 Å². The SMILES string of the molecule is C/C=C/c1ccc(OCC(=O)Nc2ccc(Br)cc2Cl)c(OC)c1. The molecule has 0 atom stereocenters. The highest BCUT2D eigenvalue weighted by molar-refractivity contribution is 9.10. The van der Waals surface area contributed by atoms with Gasteiger partial charge in [-0.3, -0.25) is 4.79 Å². The van der Waals surface area contributed by atoms with Crippen LogP contribution in [0.5, 0.6) is 11.5 Å². The van der Waals surface area contributed by atoms with Crippen molar-refractivity contribution in [1.29, 1.82) is 0 Å². The van der Waals surface area contributed by atoms with Gasteiger partial charge in [0.25, 0.3) is 5.91 Å².